The summed E-state index contributed by atoms with van der Waals surface area (Å²) in [6.45, 7) is 16.2. The Kier molecular flexibility index (Phi) is 7.84. The Labute approximate surface area is 141 Å². The van der Waals surface area contributed by atoms with Gasteiger partial charge in [-0.1, -0.05) is 0 Å². The predicted octanol–water partition coefficient (Wildman–Crippen LogP) is 4.73. The van der Waals surface area contributed by atoms with Crippen molar-refractivity contribution in [3.05, 3.63) is 21.0 Å². The number of hydrogen-bond acceptors (Lipinski definition) is 1. The Bertz CT molecular complexity index is 473. The van der Waals surface area contributed by atoms with E-state index in [0.29, 0.717) is 0 Å². The summed E-state index contributed by atoms with van der Waals surface area (Å²) in [4.78, 5) is 0. The van der Waals surface area contributed by atoms with E-state index in [1.165, 1.54) is 0 Å². The molecule has 0 heterocycles. The van der Waals surface area contributed by atoms with Crippen molar-refractivity contribution < 1.29 is 17.7 Å². The van der Waals surface area contributed by atoms with Crippen LogP contribution in [0.5, 0.6) is 0 Å². The first kappa shape index (κ1) is 23.4. The van der Waals surface area contributed by atoms with Crippen LogP contribution < -0.4 is 3.26 Å². The third kappa shape index (κ3) is 6.08. The van der Waals surface area contributed by atoms with Crippen molar-refractivity contribution in [3.8, 4) is 0 Å². The molecule has 1 rings (SSSR count). The topological polar surface area (TPSA) is 12.0 Å². The van der Waals surface area contributed by atoms with Gasteiger partial charge in [0.2, 0.25) is 0 Å². The minimum Gasteiger partial charge on any atom is -0.147 e. The first-order valence-electron chi connectivity index (χ1n) is 6.99. The molecular weight excluding hydrogens is 384 g/mol. The molecule has 5 heteroatoms. The fraction of sp³-hybridized carbons (Fsp3) is 0.733. The number of nitrogens with one attached hydrogen (secondary N) is 1. The van der Waals surface area contributed by atoms with Crippen molar-refractivity contribution >= 4 is 31.7 Å². The molecule has 0 aromatic rings. The zero-order chi connectivity index (χ0) is 14.4. The zero-order valence-electron chi connectivity index (χ0n) is 14.4. The first-order chi connectivity index (χ1) is 7.71. The normalized spacial score (nSPS) is 16.9. The van der Waals surface area contributed by atoms with Gasteiger partial charge in [-0.15, -0.1) is 24.8 Å². The van der Waals surface area contributed by atoms with Gasteiger partial charge in [0, 0.05) is 0 Å². The maximum atomic E-state index is 4.04. The van der Waals surface area contributed by atoms with E-state index in [1.807, 2.05) is 0 Å². The van der Waals surface area contributed by atoms with E-state index in [-0.39, 0.29) is 35.8 Å². The zero-order valence-corrected chi connectivity index (χ0v) is 19.9. The smallest absolute Gasteiger partial charge is 0.147 e. The van der Waals surface area contributed by atoms with Gasteiger partial charge in [0.05, 0.1) is 0 Å². The second-order valence-electron chi connectivity index (χ2n) is 8.81. The van der Waals surface area contributed by atoms with Crippen LogP contribution in [-0.4, -0.2) is 12.4 Å². The Hall–Kier alpha value is 1.12. The second kappa shape index (κ2) is 6.71. The maximum Gasteiger partial charge on any atom is -0.147 e. The van der Waals surface area contributed by atoms with Crippen LogP contribution in [0.4, 0.5) is 0 Å². The molecule has 0 saturated heterocycles. The molecule has 1 N–H and O–H groups in total. The van der Waals surface area contributed by atoms with Gasteiger partial charge in [0.1, 0.15) is 0 Å². The summed E-state index contributed by atoms with van der Waals surface area (Å²) >= 11 is -2.94. The van der Waals surface area contributed by atoms with Gasteiger partial charge in [-0.2, -0.15) is 0 Å². The van der Waals surface area contributed by atoms with E-state index in [1.54, 1.807) is 8.85 Å². The quantitative estimate of drug-likeness (QED) is 0.641. The molecule has 0 saturated carbocycles. The molecule has 0 aliphatic heterocycles. The predicted molar refractivity (Wildman–Crippen MR) is 97.9 cm³/mol. The molecule has 1 aliphatic rings. The number of halogens is 2. The van der Waals surface area contributed by atoms with Gasteiger partial charge < -0.3 is 0 Å². The molecule has 0 bridgehead atoms. The van der Waals surface area contributed by atoms with Crippen molar-refractivity contribution in [2.45, 2.75) is 62.8 Å². The average Bonchev–Trinajstić information content (AvgIpc) is 2.42. The molecular formula is C15H33Cl2NSiZr. The van der Waals surface area contributed by atoms with Crippen molar-refractivity contribution in [2.75, 3.05) is 0 Å². The van der Waals surface area contributed by atoms with Crippen LogP contribution in [-0.2, 0) is 17.7 Å². The summed E-state index contributed by atoms with van der Waals surface area (Å²) < 4.78 is 10.9. The van der Waals surface area contributed by atoms with E-state index < -0.39 is 17.7 Å². The molecule has 0 atom stereocenters. The molecule has 0 aromatic carbocycles. The summed E-state index contributed by atoms with van der Waals surface area (Å²) in [7, 11) is 0. The summed E-state index contributed by atoms with van der Waals surface area (Å²) in [6.07, 6.45) is 5.89. The van der Waals surface area contributed by atoms with Gasteiger partial charge in [-0.05, 0) is 0 Å². The number of rotatable bonds is 2. The van der Waals surface area contributed by atoms with Gasteiger partial charge in [0.15, 0.2) is 0 Å². The fourth-order valence-electron chi connectivity index (χ4n) is 3.25. The Morgan fingerprint density at radius 3 is 1.85 bits per heavy atom. The minimum absolute atomic E-state index is 0. The maximum absolute atomic E-state index is 4.04. The number of allylic oxidation sites excluding steroid dienone is 4. The van der Waals surface area contributed by atoms with Crippen LogP contribution in [0, 0.1) is 5.41 Å². The molecule has 20 heavy (non-hydrogen) atoms. The van der Waals surface area contributed by atoms with Crippen LogP contribution in [0.25, 0.3) is 0 Å². The summed E-state index contributed by atoms with van der Waals surface area (Å²) in [5.41, 5.74) is 2.06. The molecule has 0 radical (unpaired) electrons. The van der Waals surface area contributed by atoms with Crippen LogP contribution in [0.2, 0.25) is 9.26 Å². The monoisotopic (exact) mass is 415 g/mol. The first-order valence-corrected chi connectivity index (χ1v) is 20.3. The summed E-state index contributed by atoms with van der Waals surface area (Å²) in [5, 5.41) is 0. The third-order valence-corrected chi connectivity index (χ3v) is 16.8. The summed E-state index contributed by atoms with van der Waals surface area (Å²) in [5.74, 6) is 0. The largest absolute Gasteiger partial charge is 0.147 e. The van der Waals surface area contributed by atoms with Crippen LogP contribution >= 0.6 is 24.8 Å². The molecule has 1 aliphatic carbocycles. The Balaban J connectivity index is 0. The van der Waals surface area contributed by atoms with Crippen LogP contribution in [0.3, 0.4) is 0 Å². The molecule has 0 amide bonds. The molecule has 0 fully saturated rings. The SMILES string of the molecule is CC(C)(C)[NH][Zr]([CH3])([CH3])(=[SiH2])[C]1=C(C(C)(C)C)C=CC1.Cl.Cl. The molecule has 120 valence electrons. The van der Waals surface area contributed by atoms with Crippen molar-refractivity contribution in [1.29, 1.82) is 0 Å². The summed E-state index contributed by atoms with van der Waals surface area (Å²) in [6, 6.07) is 0. The van der Waals surface area contributed by atoms with E-state index in [0.717, 1.165) is 6.42 Å². The van der Waals surface area contributed by atoms with Crippen molar-refractivity contribution in [2.24, 2.45) is 5.41 Å². The Morgan fingerprint density at radius 1 is 1.05 bits per heavy atom. The van der Waals surface area contributed by atoms with E-state index >= 15 is 0 Å². The fourth-order valence-corrected chi connectivity index (χ4v) is 19.8. The van der Waals surface area contributed by atoms with Gasteiger partial charge >= 0.3 is 117 Å². The van der Waals surface area contributed by atoms with Crippen molar-refractivity contribution in [3.63, 3.8) is 0 Å². The standard InChI is InChI=1S/C9H13.C4H10N.2CH3.2ClH.H2Si.Zr/c1-9(2,3)8-6-4-5-7-8;1-4(2,3)5;;;;;;/h4,6H,5H2,1-3H3;5H,1-3H3;2*1H3;2*1H;1H2;/q;-1;;;;;;+1. The minimum atomic E-state index is -2.94. The molecule has 0 spiro atoms. The molecule has 0 unspecified atom stereocenters. The van der Waals surface area contributed by atoms with Gasteiger partial charge in [0.25, 0.3) is 0 Å². The van der Waals surface area contributed by atoms with Gasteiger partial charge in [-0.3, -0.25) is 0 Å². The van der Waals surface area contributed by atoms with Crippen LogP contribution in [0.1, 0.15) is 48.0 Å². The van der Waals surface area contributed by atoms with Gasteiger partial charge in [-0.25, -0.2) is 0 Å². The number of hydrogen-bond donors (Lipinski definition) is 1. The third-order valence-electron chi connectivity index (χ3n) is 3.48. The van der Waals surface area contributed by atoms with Crippen LogP contribution in [0.15, 0.2) is 21.0 Å². The van der Waals surface area contributed by atoms with E-state index in [9.17, 15) is 0 Å². The van der Waals surface area contributed by atoms with E-state index in [2.05, 4.69) is 73.1 Å². The molecule has 1 nitrogen and oxygen atoms in total. The second-order valence-corrected chi connectivity index (χ2v) is 36.7. The molecule has 0 aromatic heterocycles. The Morgan fingerprint density at radius 2 is 1.50 bits per heavy atom. The van der Waals surface area contributed by atoms with Crippen molar-refractivity contribution in [1.82, 2.24) is 3.26 Å². The average molecular weight is 418 g/mol. The van der Waals surface area contributed by atoms with E-state index in [4.69, 9.17) is 0 Å².